The Balaban J connectivity index is 2.23. The van der Waals surface area contributed by atoms with E-state index in [4.69, 9.17) is 5.11 Å². The normalized spacial score (nSPS) is 10.3. The Kier molecular flexibility index (Phi) is 3.97. The Hall–Kier alpha value is -2.13. The van der Waals surface area contributed by atoms with Crippen molar-refractivity contribution in [2.75, 3.05) is 5.32 Å². The molecule has 2 aromatic rings. The number of hydrogen-bond donors (Lipinski definition) is 2. The highest BCUT2D eigenvalue weighted by Crippen LogP contribution is 2.16. The number of nitrogens with one attached hydrogen (secondary N) is 1. The molecule has 0 heterocycles. The second-order valence-electron chi connectivity index (χ2n) is 4.56. The summed E-state index contributed by atoms with van der Waals surface area (Å²) in [6.45, 7) is 3.89. The molecule has 0 spiro atoms. The smallest absolute Gasteiger partial charge is 0.255 e. The lowest BCUT2D eigenvalue weighted by molar-refractivity contribution is 0.102. The maximum Gasteiger partial charge on any atom is 0.255 e. The fraction of sp³-hybridized carbons (Fsp3) is 0.188. The van der Waals surface area contributed by atoms with E-state index < -0.39 is 0 Å². The molecule has 0 saturated carbocycles. The number of hydrogen-bond acceptors (Lipinski definition) is 2. The zero-order chi connectivity index (χ0) is 13.8. The number of rotatable bonds is 3. The minimum absolute atomic E-state index is 0.0345. The molecule has 3 heteroatoms. The molecule has 1 amide bonds. The minimum Gasteiger partial charge on any atom is -0.392 e. The van der Waals surface area contributed by atoms with Crippen molar-refractivity contribution in [3.63, 3.8) is 0 Å². The number of aliphatic hydroxyl groups excluding tert-OH is 1. The zero-order valence-corrected chi connectivity index (χ0v) is 11.1. The van der Waals surface area contributed by atoms with Gasteiger partial charge >= 0.3 is 0 Å². The average molecular weight is 255 g/mol. The van der Waals surface area contributed by atoms with Gasteiger partial charge in [0.15, 0.2) is 0 Å². The summed E-state index contributed by atoms with van der Waals surface area (Å²) >= 11 is 0. The number of carbonyl (C=O) groups is 1. The van der Waals surface area contributed by atoms with Gasteiger partial charge in [-0.05, 0) is 48.7 Å². The summed E-state index contributed by atoms with van der Waals surface area (Å²) in [6.07, 6.45) is 0. The Morgan fingerprint density at radius 2 is 1.89 bits per heavy atom. The van der Waals surface area contributed by atoms with Gasteiger partial charge in [-0.2, -0.15) is 0 Å². The molecule has 2 N–H and O–H groups in total. The van der Waals surface area contributed by atoms with Crippen molar-refractivity contribution in [1.82, 2.24) is 0 Å². The largest absolute Gasteiger partial charge is 0.392 e. The second-order valence-corrected chi connectivity index (χ2v) is 4.56. The van der Waals surface area contributed by atoms with Crippen LogP contribution in [0.2, 0.25) is 0 Å². The van der Waals surface area contributed by atoms with Crippen LogP contribution in [0.15, 0.2) is 42.5 Å². The number of amides is 1. The van der Waals surface area contributed by atoms with E-state index >= 15 is 0 Å². The summed E-state index contributed by atoms with van der Waals surface area (Å²) in [6, 6.07) is 12.9. The van der Waals surface area contributed by atoms with Crippen molar-refractivity contribution in [3.05, 3.63) is 64.7 Å². The molecule has 0 atom stereocenters. The van der Waals surface area contributed by atoms with E-state index in [9.17, 15) is 4.79 Å². The van der Waals surface area contributed by atoms with E-state index in [-0.39, 0.29) is 12.5 Å². The Bertz CT molecular complexity index is 605. The number of carbonyl (C=O) groups excluding carboxylic acids is 1. The van der Waals surface area contributed by atoms with Crippen molar-refractivity contribution in [3.8, 4) is 0 Å². The minimum atomic E-state index is -0.128. The standard InChI is InChI=1S/C16H17NO2/c1-11-5-3-8-15(12(11)2)16(19)17-14-7-4-6-13(9-14)10-18/h3-9,18H,10H2,1-2H3,(H,17,19). The SMILES string of the molecule is Cc1cccc(C(=O)Nc2cccc(CO)c2)c1C. The van der Waals surface area contributed by atoms with Gasteiger partial charge in [-0.1, -0.05) is 24.3 Å². The number of anilines is 1. The predicted octanol–water partition coefficient (Wildman–Crippen LogP) is 3.05. The third-order valence-corrected chi connectivity index (χ3v) is 3.22. The van der Waals surface area contributed by atoms with Crippen molar-refractivity contribution in [2.45, 2.75) is 20.5 Å². The third-order valence-electron chi connectivity index (χ3n) is 3.22. The molecule has 0 aliphatic carbocycles. The molecule has 0 aliphatic heterocycles. The molecular formula is C16H17NO2. The fourth-order valence-electron chi connectivity index (χ4n) is 1.94. The maximum atomic E-state index is 12.2. The molecule has 0 aliphatic rings. The van der Waals surface area contributed by atoms with Gasteiger partial charge < -0.3 is 10.4 Å². The highest BCUT2D eigenvalue weighted by Gasteiger charge is 2.10. The van der Waals surface area contributed by atoms with E-state index in [1.165, 1.54) is 0 Å². The van der Waals surface area contributed by atoms with Crippen LogP contribution in [0, 0.1) is 13.8 Å². The first-order valence-electron chi connectivity index (χ1n) is 6.19. The van der Waals surface area contributed by atoms with Crippen LogP contribution in [0.4, 0.5) is 5.69 Å². The number of aliphatic hydroxyl groups is 1. The van der Waals surface area contributed by atoms with Gasteiger partial charge in [0.05, 0.1) is 6.61 Å². The summed E-state index contributed by atoms with van der Waals surface area (Å²) in [5.74, 6) is -0.128. The highest BCUT2D eigenvalue weighted by atomic mass is 16.3. The van der Waals surface area contributed by atoms with Crippen LogP contribution in [0.3, 0.4) is 0 Å². The molecular weight excluding hydrogens is 238 g/mol. The first-order chi connectivity index (χ1) is 9.11. The van der Waals surface area contributed by atoms with E-state index in [2.05, 4.69) is 5.32 Å². The van der Waals surface area contributed by atoms with Gasteiger partial charge in [0.1, 0.15) is 0 Å². The molecule has 3 nitrogen and oxygen atoms in total. The highest BCUT2D eigenvalue weighted by molar-refractivity contribution is 6.05. The zero-order valence-electron chi connectivity index (χ0n) is 11.1. The molecule has 0 bridgehead atoms. The van der Waals surface area contributed by atoms with E-state index in [0.717, 1.165) is 16.7 Å². The topological polar surface area (TPSA) is 49.3 Å². The summed E-state index contributed by atoms with van der Waals surface area (Å²) in [4.78, 5) is 12.2. The molecule has 0 saturated heterocycles. The molecule has 2 aromatic carbocycles. The Morgan fingerprint density at radius 1 is 1.16 bits per heavy atom. The van der Waals surface area contributed by atoms with E-state index in [0.29, 0.717) is 11.3 Å². The lowest BCUT2D eigenvalue weighted by Crippen LogP contribution is -2.14. The molecule has 0 radical (unpaired) electrons. The summed E-state index contributed by atoms with van der Waals surface area (Å²) in [7, 11) is 0. The quantitative estimate of drug-likeness (QED) is 0.885. The average Bonchev–Trinajstić information content (AvgIpc) is 2.42. The van der Waals surface area contributed by atoms with Gasteiger partial charge in [-0.3, -0.25) is 4.79 Å². The maximum absolute atomic E-state index is 12.2. The van der Waals surface area contributed by atoms with Crippen LogP contribution in [-0.4, -0.2) is 11.0 Å². The molecule has 0 fully saturated rings. The molecule has 98 valence electrons. The van der Waals surface area contributed by atoms with Crippen molar-refractivity contribution < 1.29 is 9.90 Å². The molecule has 19 heavy (non-hydrogen) atoms. The summed E-state index contributed by atoms with van der Waals surface area (Å²) in [5.41, 5.74) is 4.22. The van der Waals surface area contributed by atoms with E-state index in [1.54, 1.807) is 6.07 Å². The van der Waals surface area contributed by atoms with Crippen LogP contribution in [0.5, 0.6) is 0 Å². The van der Waals surface area contributed by atoms with Gasteiger partial charge in [-0.25, -0.2) is 0 Å². The predicted molar refractivity (Wildman–Crippen MR) is 76.2 cm³/mol. The first-order valence-corrected chi connectivity index (χ1v) is 6.19. The monoisotopic (exact) mass is 255 g/mol. The van der Waals surface area contributed by atoms with Crippen LogP contribution in [0.25, 0.3) is 0 Å². The van der Waals surface area contributed by atoms with Gasteiger partial charge in [-0.15, -0.1) is 0 Å². The van der Waals surface area contributed by atoms with Crippen LogP contribution < -0.4 is 5.32 Å². The van der Waals surface area contributed by atoms with Crippen LogP contribution in [0.1, 0.15) is 27.0 Å². The van der Waals surface area contributed by atoms with Gasteiger partial charge in [0, 0.05) is 11.3 Å². The Morgan fingerprint density at radius 3 is 2.63 bits per heavy atom. The number of aryl methyl sites for hydroxylation is 1. The Labute approximate surface area is 112 Å². The fourth-order valence-corrected chi connectivity index (χ4v) is 1.94. The lowest BCUT2D eigenvalue weighted by atomic mass is 10.0. The van der Waals surface area contributed by atoms with Crippen molar-refractivity contribution in [1.29, 1.82) is 0 Å². The van der Waals surface area contributed by atoms with Crippen LogP contribution in [-0.2, 0) is 6.61 Å². The second kappa shape index (κ2) is 5.67. The van der Waals surface area contributed by atoms with Crippen molar-refractivity contribution >= 4 is 11.6 Å². The van der Waals surface area contributed by atoms with Gasteiger partial charge in [0.2, 0.25) is 0 Å². The van der Waals surface area contributed by atoms with E-state index in [1.807, 2.05) is 50.2 Å². The third kappa shape index (κ3) is 3.01. The molecule has 2 rings (SSSR count). The first kappa shape index (κ1) is 13.3. The summed E-state index contributed by atoms with van der Waals surface area (Å²) < 4.78 is 0. The lowest BCUT2D eigenvalue weighted by Gasteiger charge is -2.10. The van der Waals surface area contributed by atoms with Crippen LogP contribution >= 0.6 is 0 Å². The van der Waals surface area contributed by atoms with Crippen molar-refractivity contribution in [2.24, 2.45) is 0 Å². The van der Waals surface area contributed by atoms with Gasteiger partial charge in [0.25, 0.3) is 5.91 Å². The molecule has 0 aromatic heterocycles. The summed E-state index contributed by atoms with van der Waals surface area (Å²) in [5, 5.41) is 11.9. The number of benzene rings is 2. The molecule has 0 unspecified atom stereocenters.